The molecule has 0 aromatic carbocycles. The first-order valence-corrected chi connectivity index (χ1v) is 5.58. The Morgan fingerprint density at radius 1 is 1.39 bits per heavy atom. The minimum absolute atomic E-state index is 0.0812. The van der Waals surface area contributed by atoms with Crippen molar-refractivity contribution in [3.63, 3.8) is 0 Å². The molecule has 0 radical (unpaired) electrons. The maximum absolute atomic E-state index is 12.8. The summed E-state index contributed by atoms with van der Waals surface area (Å²) in [4.78, 5) is 11.6. The van der Waals surface area contributed by atoms with Crippen molar-refractivity contribution in [1.29, 1.82) is 0 Å². The molecule has 0 aliphatic heterocycles. The summed E-state index contributed by atoms with van der Waals surface area (Å²) in [6, 6.07) is 0.478. The first-order valence-electron chi connectivity index (χ1n) is 5.58. The molecule has 3 nitrogen and oxygen atoms in total. The maximum atomic E-state index is 12.8. The minimum Gasteiger partial charge on any atom is -0.384 e. The molecule has 0 amide bonds. The van der Waals surface area contributed by atoms with E-state index in [1.807, 2.05) is 0 Å². The van der Waals surface area contributed by atoms with Gasteiger partial charge >= 0.3 is 6.18 Å². The third kappa shape index (κ3) is 3.35. The molecular weight excluding hydrogens is 247 g/mol. The second kappa shape index (κ2) is 5.56. The van der Waals surface area contributed by atoms with Crippen LogP contribution in [-0.4, -0.2) is 18.3 Å². The van der Waals surface area contributed by atoms with Gasteiger partial charge in [0.2, 0.25) is 0 Å². The Bertz CT molecular complexity index is 463. The van der Waals surface area contributed by atoms with E-state index in [0.717, 1.165) is 0 Å². The SMILES string of the molecule is COCCc1cn(C(C)C)c(=O)cc1C(F)(F)F. The Kier molecular flexibility index (Phi) is 4.56. The van der Waals surface area contributed by atoms with Gasteiger partial charge in [-0.3, -0.25) is 4.79 Å². The van der Waals surface area contributed by atoms with E-state index in [4.69, 9.17) is 4.74 Å². The van der Waals surface area contributed by atoms with Crippen LogP contribution in [-0.2, 0) is 17.3 Å². The molecule has 0 aliphatic rings. The lowest BCUT2D eigenvalue weighted by atomic mass is 10.1. The van der Waals surface area contributed by atoms with Crippen LogP contribution in [0.3, 0.4) is 0 Å². The third-order valence-corrected chi connectivity index (χ3v) is 2.60. The molecule has 18 heavy (non-hydrogen) atoms. The van der Waals surface area contributed by atoms with Gasteiger partial charge in [0.15, 0.2) is 0 Å². The van der Waals surface area contributed by atoms with E-state index < -0.39 is 17.3 Å². The van der Waals surface area contributed by atoms with Crippen LogP contribution in [0.1, 0.15) is 31.0 Å². The fraction of sp³-hybridized carbons (Fsp3) is 0.583. The third-order valence-electron chi connectivity index (χ3n) is 2.60. The van der Waals surface area contributed by atoms with Gasteiger partial charge in [0.1, 0.15) is 0 Å². The molecule has 0 aliphatic carbocycles. The Labute approximate surface area is 103 Å². The van der Waals surface area contributed by atoms with Crippen molar-refractivity contribution in [3.8, 4) is 0 Å². The number of nitrogens with zero attached hydrogens (tertiary/aromatic N) is 1. The molecule has 1 aromatic heterocycles. The zero-order valence-electron chi connectivity index (χ0n) is 10.5. The highest BCUT2D eigenvalue weighted by Crippen LogP contribution is 2.31. The fourth-order valence-corrected chi connectivity index (χ4v) is 1.67. The zero-order valence-corrected chi connectivity index (χ0v) is 10.5. The van der Waals surface area contributed by atoms with E-state index in [9.17, 15) is 18.0 Å². The van der Waals surface area contributed by atoms with E-state index in [1.165, 1.54) is 17.9 Å². The van der Waals surface area contributed by atoms with Gasteiger partial charge in [-0.1, -0.05) is 0 Å². The average molecular weight is 263 g/mol. The van der Waals surface area contributed by atoms with Crippen molar-refractivity contribution in [2.24, 2.45) is 0 Å². The monoisotopic (exact) mass is 263 g/mol. The van der Waals surface area contributed by atoms with E-state index >= 15 is 0 Å². The lowest BCUT2D eigenvalue weighted by molar-refractivity contribution is -0.138. The number of alkyl halides is 3. The molecule has 6 heteroatoms. The molecule has 0 spiro atoms. The number of ether oxygens (including phenoxy) is 1. The molecule has 0 unspecified atom stereocenters. The standard InChI is InChI=1S/C12H16F3NO2/c1-8(2)16-7-9(4-5-18-3)10(6-11(16)17)12(13,14)15/h6-8H,4-5H2,1-3H3. The average Bonchev–Trinajstić information content (AvgIpc) is 2.25. The molecule has 0 N–H and O–H groups in total. The maximum Gasteiger partial charge on any atom is 0.416 e. The second-order valence-electron chi connectivity index (χ2n) is 4.29. The summed E-state index contributed by atoms with van der Waals surface area (Å²) in [6.07, 6.45) is -3.12. The van der Waals surface area contributed by atoms with Crippen molar-refractivity contribution >= 4 is 0 Å². The molecule has 0 fully saturated rings. The Balaban J connectivity index is 3.33. The summed E-state index contributed by atoms with van der Waals surface area (Å²) in [7, 11) is 1.42. The highest BCUT2D eigenvalue weighted by atomic mass is 19.4. The van der Waals surface area contributed by atoms with E-state index in [1.54, 1.807) is 13.8 Å². The Hall–Kier alpha value is -1.30. The minimum atomic E-state index is -4.52. The number of hydrogen-bond donors (Lipinski definition) is 0. The fourth-order valence-electron chi connectivity index (χ4n) is 1.67. The molecule has 0 bridgehead atoms. The summed E-state index contributed by atoms with van der Waals surface area (Å²) < 4.78 is 44.5. The zero-order chi connectivity index (χ0) is 13.9. The molecule has 1 heterocycles. The number of halogens is 3. The molecular formula is C12H16F3NO2. The molecule has 1 aromatic rings. The van der Waals surface area contributed by atoms with Crippen LogP contribution in [0.25, 0.3) is 0 Å². The van der Waals surface area contributed by atoms with Crippen LogP contribution in [0, 0.1) is 0 Å². The van der Waals surface area contributed by atoms with E-state index in [2.05, 4.69) is 0 Å². The van der Waals surface area contributed by atoms with Crippen LogP contribution in [0.4, 0.5) is 13.2 Å². The molecule has 102 valence electrons. The predicted molar refractivity (Wildman–Crippen MR) is 61.7 cm³/mol. The number of pyridine rings is 1. The number of rotatable bonds is 4. The number of methoxy groups -OCH3 is 1. The quantitative estimate of drug-likeness (QED) is 0.836. The summed E-state index contributed by atoms with van der Waals surface area (Å²) in [5.41, 5.74) is -1.43. The highest BCUT2D eigenvalue weighted by molar-refractivity contribution is 5.27. The normalized spacial score (nSPS) is 12.2. The second-order valence-corrected chi connectivity index (χ2v) is 4.29. The van der Waals surface area contributed by atoms with Gasteiger partial charge in [-0.2, -0.15) is 13.2 Å². The van der Waals surface area contributed by atoms with Crippen molar-refractivity contribution < 1.29 is 17.9 Å². The Morgan fingerprint density at radius 3 is 2.44 bits per heavy atom. The van der Waals surface area contributed by atoms with Crippen LogP contribution >= 0.6 is 0 Å². The summed E-state index contributed by atoms with van der Waals surface area (Å²) in [6.45, 7) is 3.67. The largest absolute Gasteiger partial charge is 0.416 e. The summed E-state index contributed by atoms with van der Waals surface area (Å²) in [5.74, 6) is 0. The van der Waals surface area contributed by atoms with Crippen molar-refractivity contribution in [2.45, 2.75) is 32.5 Å². The predicted octanol–water partition coefficient (Wildman–Crippen LogP) is 2.64. The smallest absolute Gasteiger partial charge is 0.384 e. The van der Waals surface area contributed by atoms with E-state index in [0.29, 0.717) is 6.07 Å². The van der Waals surface area contributed by atoms with Crippen LogP contribution in [0.15, 0.2) is 17.1 Å². The van der Waals surface area contributed by atoms with Gasteiger partial charge < -0.3 is 9.30 Å². The van der Waals surface area contributed by atoms with Crippen molar-refractivity contribution in [3.05, 3.63) is 33.7 Å². The topological polar surface area (TPSA) is 31.2 Å². The molecule has 0 atom stereocenters. The van der Waals surface area contributed by atoms with Crippen molar-refractivity contribution in [1.82, 2.24) is 4.57 Å². The first-order chi connectivity index (χ1) is 8.27. The van der Waals surface area contributed by atoms with Gasteiger partial charge in [-0.25, -0.2) is 0 Å². The highest BCUT2D eigenvalue weighted by Gasteiger charge is 2.34. The number of hydrogen-bond acceptors (Lipinski definition) is 2. The molecule has 0 saturated heterocycles. The summed E-state index contributed by atoms with van der Waals surface area (Å²) in [5, 5.41) is 0. The van der Waals surface area contributed by atoms with E-state index in [-0.39, 0.29) is 24.6 Å². The van der Waals surface area contributed by atoms with Gasteiger partial charge in [0, 0.05) is 25.4 Å². The van der Waals surface area contributed by atoms with Crippen LogP contribution in [0.5, 0.6) is 0 Å². The summed E-state index contributed by atoms with van der Waals surface area (Å²) >= 11 is 0. The van der Waals surface area contributed by atoms with Gasteiger partial charge in [0.05, 0.1) is 12.2 Å². The Morgan fingerprint density at radius 2 is 2.00 bits per heavy atom. The molecule has 1 rings (SSSR count). The van der Waals surface area contributed by atoms with Gasteiger partial charge in [-0.15, -0.1) is 0 Å². The van der Waals surface area contributed by atoms with Crippen LogP contribution in [0.2, 0.25) is 0 Å². The first kappa shape index (κ1) is 14.8. The lowest BCUT2D eigenvalue weighted by Gasteiger charge is -2.17. The van der Waals surface area contributed by atoms with Crippen molar-refractivity contribution in [2.75, 3.05) is 13.7 Å². The van der Waals surface area contributed by atoms with Gasteiger partial charge in [0.25, 0.3) is 5.56 Å². The van der Waals surface area contributed by atoms with Crippen LogP contribution < -0.4 is 5.56 Å². The molecule has 0 saturated carbocycles. The lowest BCUT2D eigenvalue weighted by Crippen LogP contribution is -2.25. The number of aromatic nitrogens is 1. The van der Waals surface area contributed by atoms with Gasteiger partial charge in [-0.05, 0) is 25.8 Å².